The molecule has 0 unspecified atom stereocenters. The van der Waals surface area contributed by atoms with Gasteiger partial charge in [0.2, 0.25) is 0 Å². The van der Waals surface area contributed by atoms with Crippen LogP contribution < -0.4 is 0 Å². The van der Waals surface area contributed by atoms with Crippen LogP contribution in [0, 0.1) is 11.3 Å². The Kier molecular flexibility index (Phi) is 4.11. The van der Waals surface area contributed by atoms with Gasteiger partial charge in [0.15, 0.2) is 0 Å². The molecular weight excluding hydrogens is 318 g/mol. The Morgan fingerprint density at radius 3 is 2.71 bits per heavy atom. The third-order valence-corrected chi connectivity index (χ3v) is 3.88. The van der Waals surface area contributed by atoms with Crippen LogP contribution in [0.5, 0.6) is 0 Å². The molecule has 2 aromatic carbocycles. The third-order valence-electron chi connectivity index (χ3n) is 2.09. The van der Waals surface area contributed by atoms with Crippen LogP contribution in [0.4, 0.5) is 0 Å². The average Bonchev–Trinajstić information content (AvgIpc) is 2.31. The largest absolute Gasteiger partial charge is 0.192 e. The van der Waals surface area contributed by atoms with Gasteiger partial charge < -0.3 is 0 Å². The van der Waals surface area contributed by atoms with Crippen LogP contribution in [0.2, 0.25) is 5.02 Å². The second kappa shape index (κ2) is 5.59. The zero-order chi connectivity index (χ0) is 12.3. The Balaban J connectivity index is 2.34. The molecule has 2 aromatic rings. The van der Waals surface area contributed by atoms with Crippen molar-refractivity contribution in [1.29, 1.82) is 5.26 Å². The number of hydrogen-bond acceptors (Lipinski definition) is 2. The number of nitriles is 1. The fraction of sp³-hybridized carbons (Fsp3) is 0. The van der Waals surface area contributed by atoms with E-state index >= 15 is 0 Å². The van der Waals surface area contributed by atoms with E-state index in [0.29, 0.717) is 10.6 Å². The Hall–Kier alpha value is -0.950. The number of rotatable bonds is 2. The zero-order valence-electron chi connectivity index (χ0n) is 8.65. The van der Waals surface area contributed by atoms with Crippen LogP contribution in [-0.2, 0) is 0 Å². The van der Waals surface area contributed by atoms with E-state index in [1.54, 1.807) is 23.9 Å². The average molecular weight is 325 g/mol. The molecule has 17 heavy (non-hydrogen) atoms. The van der Waals surface area contributed by atoms with Crippen LogP contribution in [0.3, 0.4) is 0 Å². The number of nitrogens with zero attached hydrogens (tertiary/aromatic N) is 1. The van der Waals surface area contributed by atoms with Crippen LogP contribution in [0.25, 0.3) is 0 Å². The molecular formula is C13H7BrClNS. The molecule has 0 aliphatic heterocycles. The first-order valence-corrected chi connectivity index (χ1v) is 6.81. The maximum Gasteiger partial charge on any atom is 0.100 e. The topological polar surface area (TPSA) is 23.8 Å². The molecule has 84 valence electrons. The summed E-state index contributed by atoms with van der Waals surface area (Å²) in [6.45, 7) is 0. The van der Waals surface area contributed by atoms with E-state index in [0.717, 1.165) is 14.3 Å². The molecule has 0 aliphatic rings. The van der Waals surface area contributed by atoms with Crippen molar-refractivity contribution >= 4 is 39.3 Å². The van der Waals surface area contributed by atoms with E-state index in [-0.39, 0.29) is 0 Å². The zero-order valence-corrected chi connectivity index (χ0v) is 11.8. The predicted octanol–water partition coefficient (Wildman–Crippen LogP) is 5.13. The lowest BCUT2D eigenvalue weighted by molar-refractivity contribution is 1.35. The van der Waals surface area contributed by atoms with Gasteiger partial charge in [-0.15, -0.1) is 0 Å². The van der Waals surface area contributed by atoms with Gasteiger partial charge in [0.05, 0.1) is 5.56 Å². The predicted molar refractivity (Wildman–Crippen MR) is 74.4 cm³/mol. The second-order valence-electron chi connectivity index (χ2n) is 3.31. The summed E-state index contributed by atoms with van der Waals surface area (Å²) in [5, 5.41) is 9.63. The molecule has 4 heteroatoms. The van der Waals surface area contributed by atoms with E-state index in [1.807, 2.05) is 30.3 Å². The van der Waals surface area contributed by atoms with Crippen molar-refractivity contribution in [3.05, 3.63) is 57.5 Å². The highest BCUT2D eigenvalue weighted by molar-refractivity contribution is 9.10. The van der Waals surface area contributed by atoms with Crippen molar-refractivity contribution in [3.8, 4) is 6.07 Å². The first-order valence-electron chi connectivity index (χ1n) is 4.82. The number of hydrogen-bond donors (Lipinski definition) is 0. The molecule has 0 saturated carbocycles. The number of benzene rings is 2. The van der Waals surface area contributed by atoms with E-state index in [4.69, 9.17) is 16.9 Å². The van der Waals surface area contributed by atoms with Gasteiger partial charge in [0.25, 0.3) is 0 Å². The van der Waals surface area contributed by atoms with E-state index in [1.165, 1.54) is 0 Å². The highest BCUT2D eigenvalue weighted by atomic mass is 79.9. The smallest absolute Gasteiger partial charge is 0.100 e. The van der Waals surface area contributed by atoms with E-state index in [9.17, 15) is 0 Å². The summed E-state index contributed by atoms with van der Waals surface area (Å²) in [7, 11) is 0. The lowest BCUT2D eigenvalue weighted by Gasteiger charge is -2.04. The van der Waals surface area contributed by atoms with Gasteiger partial charge in [-0.05, 0) is 36.4 Å². The lowest BCUT2D eigenvalue weighted by Crippen LogP contribution is -1.81. The Labute approximate surface area is 118 Å². The molecule has 0 heterocycles. The van der Waals surface area contributed by atoms with Gasteiger partial charge >= 0.3 is 0 Å². The summed E-state index contributed by atoms with van der Waals surface area (Å²) in [6, 6.07) is 15.5. The minimum Gasteiger partial charge on any atom is -0.192 e. The molecule has 0 atom stereocenters. The normalized spacial score (nSPS) is 9.94. The van der Waals surface area contributed by atoms with Gasteiger partial charge in [-0.1, -0.05) is 45.4 Å². The Morgan fingerprint density at radius 1 is 1.18 bits per heavy atom. The molecule has 0 N–H and O–H groups in total. The summed E-state index contributed by atoms with van der Waals surface area (Å²) in [4.78, 5) is 1.99. The van der Waals surface area contributed by atoms with Crippen LogP contribution in [0.15, 0.2) is 56.7 Å². The molecule has 0 spiro atoms. The van der Waals surface area contributed by atoms with E-state index in [2.05, 4.69) is 22.0 Å². The van der Waals surface area contributed by atoms with Gasteiger partial charge in [-0.3, -0.25) is 0 Å². The first-order chi connectivity index (χ1) is 8.19. The molecule has 0 radical (unpaired) electrons. The minimum absolute atomic E-state index is 0.583. The molecule has 2 rings (SSSR count). The molecule has 0 aliphatic carbocycles. The SMILES string of the molecule is N#Cc1cc(Cl)ccc1Sc1cccc(Br)c1. The number of halogens is 2. The molecule has 0 aromatic heterocycles. The van der Waals surface area contributed by atoms with Crippen LogP contribution in [0.1, 0.15) is 5.56 Å². The van der Waals surface area contributed by atoms with Crippen molar-refractivity contribution in [2.45, 2.75) is 9.79 Å². The summed E-state index contributed by atoms with van der Waals surface area (Å²) in [5.74, 6) is 0. The van der Waals surface area contributed by atoms with Crippen molar-refractivity contribution in [2.75, 3.05) is 0 Å². The van der Waals surface area contributed by atoms with Crippen molar-refractivity contribution in [2.24, 2.45) is 0 Å². The quantitative estimate of drug-likeness (QED) is 0.765. The summed E-state index contributed by atoms with van der Waals surface area (Å²) in [5.41, 5.74) is 0.600. The maximum atomic E-state index is 9.04. The standard InChI is InChI=1S/C13H7BrClNS/c14-10-2-1-3-12(7-10)17-13-5-4-11(15)6-9(13)8-16/h1-7H. The highest BCUT2D eigenvalue weighted by Crippen LogP contribution is 2.32. The first kappa shape index (κ1) is 12.5. The molecule has 0 saturated heterocycles. The third kappa shape index (κ3) is 3.26. The second-order valence-corrected chi connectivity index (χ2v) is 5.78. The summed E-state index contributed by atoms with van der Waals surface area (Å²) >= 11 is 10.8. The lowest BCUT2D eigenvalue weighted by atomic mass is 10.2. The fourth-order valence-corrected chi connectivity index (χ4v) is 3.00. The maximum absolute atomic E-state index is 9.04. The minimum atomic E-state index is 0.583. The molecule has 0 bridgehead atoms. The van der Waals surface area contributed by atoms with Gasteiger partial charge in [-0.2, -0.15) is 5.26 Å². The Morgan fingerprint density at radius 2 is 2.00 bits per heavy atom. The van der Waals surface area contributed by atoms with E-state index < -0.39 is 0 Å². The van der Waals surface area contributed by atoms with Crippen LogP contribution in [-0.4, -0.2) is 0 Å². The molecule has 0 amide bonds. The monoisotopic (exact) mass is 323 g/mol. The molecule has 0 fully saturated rings. The Bertz CT molecular complexity index is 592. The van der Waals surface area contributed by atoms with Gasteiger partial charge in [0.1, 0.15) is 6.07 Å². The summed E-state index contributed by atoms with van der Waals surface area (Å²) in [6.07, 6.45) is 0. The fourth-order valence-electron chi connectivity index (χ4n) is 1.34. The highest BCUT2D eigenvalue weighted by Gasteiger charge is 2.05. The summed E-state index contributed by atoms with van der Waals surface area (Å²) < 4.78 is 1.02. The van der Waals surface area contributed by atoms with Crippen molar-refractivity contribution < 1.29 is 0 Å². The van der Waals surface area contributed by atoms with Crippen molar-refractivity contribution in [1.82, 2.24) is 0 Å². The van der Waals surface area contributed by atoms with Crippen LogP contribution >= 0.6 is 39.3 Å². The molecule has 1 nitrogen and oxygen atoms in total. The van der Waals surface area contributed by atoms with Gasteiger partial charge in [-0.25, -0.2) is 0 Å². The van der Waals surface area contributed by atoms with Gasteiger partial charge in [0, 0.05) is 19.3 Å². The van der Waals surface area contributed by atoms with Crippen molar-refractivity contribution in [3.63, 3.8) is 0 Å².